The molecular formula is C13H19N3O2. The van der Waals surface area contributed by atoms with Crippen LogP contribution in [0.1, 0.15) is 23.2 Å². The molecule has 5 heteroatoms. The number of anilines is 1. The third kappa shape index (κ3) is 2.61. The molecular weight excluding hydrogens is 230 g/mol. The molecule has 1 aliphatic heterocycles. The van der Waals surface area contributed by atoms with Crippen LogP contribution < -0.4 is 5.32 Å². The standard InChI is InChI=1S/C13H19N3O2/c1-14-12-8-15-5-2-11(12)13(18)16-6-3-10(9-16)4-7-17/h2,5,8,10,14,17H,3-4,6-7,9H2,1H3. The molecule has 2 rings (SSSR count). The van der Waals surface area contributed by atoms with Crippen molar-refractivity contribution in [1.29, 1.82) is 0 Å². The maximum atomic E-state index is 12.4. The highest BCUT2D eigenvalue weighted by atomic mass is 16.3. The molecule has 0 saturated carbocycles. The Labute approximate surface area is 107 Å². The molecule has 5 nitrogen and oxygen atoms in total. The molecule has 0 aliphatic carbocycles. The van der Waals surface area contributed by atoms with Gasteiger partial charge in [0.25, 0.3) is 5.91 Å². The van der Waals surface area contributed by atoms with Gasteiger partial charge in [0.05, 0.1) is 17.4 Å². The van der Waals surface area contributed by atoms with Crippen LogP contribution in [0.2, 0.25) is 0 Å². The molecule has 1 fully saturated rings. The predicted molar refractivity (Wildman–Crippen MR) is 69.5 cm³/mol. The Morgan fingerprint density at radius 1 is 1.67 bits per heavy atom. The average molecular weight is 249 g/mol. The summed E-state index contributed by atoms with van der Waals surface area (Å²) in [5.74, 6) is 0.473. The first kappa shape index (κ1) is 12.8. The van der Waals surface area contributed by atoms with E-state index in [0.29, 0.717) is 11.5 Å². The van der Waals surface area contributed by atoms with Gasteiger partial charge in [0.2, 0.25) is 0 Å². The monoisotopic (exact) mass is 249 g/mol. The van der Waals surface area contributed by atoms with Crippen molar-refractivity contribution in [3.8, 4) is 0 Å². The van der Waals surface area contributed by atoms with Gasteiger partial charge in [-0.2, -0.15) is 0 Å². The van der Waals surface area contributed by atoms with E-state index < -0.39 is 0 Å². The molecule has 0 bridgehead atoms. The van der Waals surface area contributed by atoms with Gasteiger partial charge in [-0.05, 0) is 24.8 Å². The summed E-state index contributed by atoms with van der Waals surface area (Å²) in [6, 6.07) is 1.74. The third-order valence-electron chi connectivity index (χ3n) is 3.43. The number of pyridine rings is 1. The molecule has 1 saturated heterocycles. The normalized spacial score (nSPS) is 19.0. The van der Waals surface area contributed by atoms with E-state index >= 15 is 0 Å². The minimum Gasteiger partial charge on any atom is -0.396 e. The van der Waals surface area contributed by atoms with E-state index in [-0.39, 0.29) is 12.5 Å². The van der Waals surface area contributed by atoms with Gasteiger partial charge in [0.1, 0.15) is 0 Å². The van der Waals surface area contributed by atoms with Crippen LogP contribution in [0.25, 0.3) is 0 Å². The minimum atomic E-state index is 0.0437. The number of nitrogens with one attached hydrogen (secondary N) is 1. The van der Waals surface area contributed by atoms with Gasteiger partial charge in [-0.15, -0.1) is 0 Å². The Kier molecular flexibility index (Phi) is 4.15. The zero-order chi connectivity index (χ0) is 13.0. The highest BCUT2D eigenvalue weighted by Gasteiger charge is 2.27. The molecule has 0 radical (unpaired) electrons. The molecule has 98 valence electrons. The quantitative estimate of drug-likeness (QED) is 0.834. The summed E-state index contributed by atoms with van der Waals surface area (Å²) in [5, 5.41) is 11.9. The first-order valence-electron chi connectivity index (χ1n) is 6.28. The summed E-state index contributed by atoms with van der Waals surface area (Å²) in [4.78, 5) is 18.2. The number of hydrogen-bond acceptors (Lipinski definition) is 4. The summed E-state index contributed by atoms with van der Waals surface area (Å²) in [7, 11) is 1.78. The Bertz CT molecular complexity index is 422. The number of aliphatic hydroxyl groups excluding tert-OH is 1. The summed E-state index contributed by atoms with van der Waals surface area (Å²) in [6.07, 6.45) is 5.05. The number of carbonyl (C=O) groups is 1. The van der Waals surface area contributed by atoms with Crippen molar-refractivity contribution in [3.05, 3.63) is 24.0 Å². The zero-order valence-corrected chi connectivity index (χ0v) is 10.6. The van der Waals surface area contributed by atoms with Crippen LogP contribution in [0.4, 0.5) is 5.69 Å². The Balaban J connectivity index is 2.08. The number of rotatable bonds is 4. The molecule has 1 aromatic heterocycles. The van der Waals surface area contributed by atoms with E-state index in [2.05, 4.69) is 10.3 Å². The first-order chi connectivity index (χ1) is 8.76. The lowest BCUT2D eigenvalue weighted by Crippen LogP contribution is -2.29. The van der Waals surface area contributed by atoms with Crippen LogP contribution in [0.5, 0.6) is 0 Å². The fraction of sp³-hybridized carbons (Fsp3) is 0.538. The number of hydrogen-bond donors (Lipinski definition) is 2. The van der Waals surface area contributed by atoms with E-state index in [1.165, 1.54) is 0 Å². The second-order valence-corrected chi connectivity index (χ2v) is 4.59. The van der Waals surface area contributed by atoms with Crippen LogP contribution >= 0.6 is 0 Å². The largest absolute Gasteiger partial charge is 0.396 e. The Morgan fingerprint density at radius 2 is 2.50 bits per heavy atom. The van der Waals surface area contributed by atoms with Crippen molar-refractivity contribution in [2.75, 3.05) is 32.1 Å². The van der Waals surface area contributed by atoms with Crippen LogP contribution in [-0.4, -0.2) is 47.6 Å². The van der Waals surface area contributed by atoms with Crippen molar-refractivity contribution in [2.24, 2.45) is 5.92 Å². The second-order valence-electron chi connectivity index (χ2n) is 4.59. The van der Waals surface area contributed by atoms with Crippen molar-refractivity contribution in [3.63, 3.8) is 0 Å². The van der Waals surface area contributed by atoms with Crippen molar-refractivity contribution < 1.29 is 9.90 Å². The summed E-state index contributed by atoms with van der Waals surface area (Å²) >= 11 is 0. The van der Waals surface area contributed by atoms with E-state index in [1.807, 2.05) is 4.90 Å². The Morgan fingerprint density at radius 3 is 3.22 bits per heavy atom. The number of nitrogens with zero attached hydrogens (tertiary/aromatic N) is 2. The van der Waals surface area contributed by atoms with E-state index in [9.17, 15) is 4.79 Å². The fourth-order valence-corrected chi connectivity index (χ4v) is 2.39. The Hall–Kier alpha value is -1.62. The van der Waals surface area contributed by atoms with Crippen LogP contribution in [0, 0.1) is 5.92 Å². The molecule has 2 heterocycles. The molecule has 1 aliphatic rings. The van der Waals surface area contributed by atoms with E-state index in [0.717, 1.165) is 31.6 Å². The number of likely N-dealkylation sites (tertiary alicyclic amines) is 1. The fourth-order valence-electron chi connectivity index (χ4n) is 2.39. The van der Waals surface area contributed by atoms with Gasteiger partial charge < -0.3 is 15.3 Å². The van der Waals surface area contributed by atoms with Gasteiger partial charge >= 0.3 is 0 Å². The highest BCUT2D eigenvalue weighted by molar-refractivity contribution is 5.99. The molecule has 1 atom stereocenters. The molecule has 2 N–H and O–H groups in total. The molecule has 1 amide bonds. The second kappa shape index (κ2) is 5.82. The summed E-state index contributed by atoms with van der Waals surface area (Å²) < 4.78 is 0. The smallest absolute Gasteiger partial charge is 0.256 e. The molecule has 0 aromatic carbocycles. The SMILES string of the molecule is CNc1cnccc1C(=O)N1CCC(CCO)C1. The lowest BCUT2D eigenvalue weighted by molar-refractivity contribution is 0.0785. The lowest BCUT2D eigenvalue weighted by Gasteiger charge is -2.18. The van der Waals surface area contributed by atoms with Crippen molar-refractivity contribution in [2.45, 2.75) is 12.8 Å². The van der Waals surface area contributed by atoms with E-state index in [4.69, 9.17) is 5.11 Å². The third-order valence-corrected chi connectivity index (χ3v) is 3.43. The maximum Gasteiger partial charge on any atom is 0.256 e. The predicted octanol–water partition coefficient (Wildman–Crippen LogP) is 0.968. The topological polar surface area (TPSA) is 65.5 Å². The van der Waals surface area contributed by atoms with Crippen molar-refractivity contribution >= 4 is 11.6 Å². The van der Waals surface area contributed by atoms with Gasteiger partial charge in [0.15, 0.2) is 0 Å². The number of aromatic nitrogens is 1. The number of carbonyl (C=O) groups excluding carboxylic acids is 1. The first-order valence-corrected chi connectivity index (χ1v) is 6.28. The molecule has 1 unspecified atom stereocenters. The van der Waals surface area contributed by atoms with Gasteiger partial charge in [0, 0.05) is 32.9 Å². The van der Waals surface area contributed by atoms with Gasteiger partial charge in [-0.1, -0.05) is 0 Å². The average Bonchev–Trinajstić information content (AvgIpc) is 2.87. The van der Waals surface area contributed by atoms with E-state index in [1.54, 1.807) is 25.5 Å². The van der Waals surface area contributed by atoms with Crippen LogP contribution in [0.3, 0.4) is 0 Å². The summed E-state index contributed by atoms with van der Waals surface area (Å²) in [6.45, 7) is 1.71. The lowest BCUT2D eigenvalue weighted by atomic mass is 10.1. The van der Waals surface area contributed by atoms with Crippen LogP contribution in [-0.2, 0) is 0 Å². The minimum absolute atomic E-state index is 0.0437. The van der Waals surface area contributed by atoms with Gasteiger partial charge in [-0.3, -0.25) is 9.78 Å². The van der Waals surface area contributed by atoms with Crippen molar-refractivity contribution in [1.82, 2.24) is 9.88 Å². The van der Waals surface area contributed by atoms with Crippen LogP contribution in [0.15, 0.2) is 18.5 Å². The number of aliphatic hydroxyl groups is 1. The number of amides is 1. The maximum absolute atomic E-state index is 12.4. The van der Waals surface area contributed by atoms with Gasteiger partial charge in [-0.25, -0.2) is 0 Å². The zero-order valence-electron chi connectivity index (χ0n) is 10.6. The molecule has 1 aromatic rings. The summed E-state index contributed by atoms with van der Waals surface area (Å²) in [5.41, 5.74) is 1.42. The molecule has 0 spiro atoms. The highest BCUT2D eigenvalue weighted by Crippen LogP contribution is 2.23. The molecule has 18 heavy (non-hydrogen) atoms.